The highest BCUT2D eigenvalue weighted by molar-refractivity contribution is 5.95. The van der Waals surface area contributed by atoms with Crippen molar-refractivity contribution in [1.82, 2.24) is 0 Å². The highest BCUT2D eigenvalue weighted by Gasteiger charge is 2.51. The number of hydrogen-bond donors (Lipinski definition) is 0. The fourth-order valence-corrected chi connectivity index (χ4v) is 7.42. The fraction of sp³-hybridized carbons (Fsp3) is 0.105. The quantitative estimate of drug-likeness (QED) is 0.234. The normalized spacial score (nSPS) is 14.7. The first kappa shape index (κ1) is 21.6. The van der Waals surface area contributed by atoms with Gasteiger partial charge in [-0.15, -0.1) is 0 Å². The van der Waals surface area contributed by atoms with Gasteiger partial charge in [0.05, 0.1) is 5.41 Å². The number of fused-ring (bicyclic) bond motifs is 11. The zero-order chi connectivity index (χ0) is 25.3. The van der Waals surface area contributed by atoms with E-state index in [1.54, 1.807) is 0 Å². The van der Waals surface area contributed by atoms with Gasteiger partial charge in [0.1, 0.15) is 0 Å². The van der Waals surface area contributed by atoms with Gasteiger partial charge in [-0.2, -0.15) is 0 Å². The molecule has 0 fully saturated rings. The summed E-state index contributed by atoms with van der Waals surface area (Å²) in [7, 11) is 0. The second-order valence-corrected chi connectivity index (χ2v) is 10.8. The van der Waals surface area contributed by atoms with Crippen LogP contribution in [0.4, 0.5) is 0 Å². The van der Waals surface area contributed by atoms with Crippen molar-refractivity contribution in [3.8, 4) is 22.3 Å². The van der Waals surface area contributed by atoms with E-state index in [2.05, 4.69) is 140 Å². The van der Waals surface area contributed by atoms with Crippen molar-refractivity contribution in [3.63, 3.8) is 0 Å². The van der Waals surface area contributed by atoms with Gasteiger partial charge in [0.25, 0.3) is 0 Å². The van der Waals surface area contributed by atoms with Crippen molar-refractivity contribution in [2.45, 2.75) is 24.7 Å². The van der Waals surface area contributed by atoms with E-state index >= 15 is 0 Å². The largest absolute Gasteiger partial charge is 0.0725 e. The zero-order valence-electron chi connectivity index (χ0n) is 21.5. The van der Waals surface area contributed by atoms with Gasteiger partial charge in [0.2, 0.25) is 0 Å². The third-order valence-corrected chi connectivity index (χ3v) is 9.01. The topological polar surface area (TPSA) is 0 Å². The first-order chi connectivity index (χ1) is 18.8. The van der Waals surface area contributed by atoms with E-state index < -0.39 is 0 Å². The van der Waals surface area contributed by atoms with Gasteiger partial charge in [0, 0.05) is 5.92 Å². The van der Waals surface area contributed by atoms with Crippen molar-refractivity contribution in [3.05, 3.63) is 167 Å². The lowest BCUT2D eigenvalue weighted by Crippen LogP contribution is -2.26. The molecule has 1 unspecified atom stereocenters. The number of hydrogen-bond acceptors (Lipinski definition) is 0. The molecule has 0 nitrogen and oxygen atoms in total. The first-order valence-electron chi connectivity index (χ1n) is 13.7. The molecule has 0 N–H and O–H groups in total. The molecule has 180 valence electrons. The molecule has 0 aromatic heterocycles. The second-order valence-electron chi connectivity index (χ2n) is 10.8. The highest BCUT2D eigenvalue weighted by atomic mass is 14.5. The van der Waals surface area contributed by atoms with E-state index in [1.807, 2.05) is 0 Å². The molecule has 0 amide bonds. The Morgan fingerprint density at radius 1 is 0.447 bits per heavy atom. The minimum absolute atomic E-state index is 0.281. The van der Waals surface area contributed by atoms with Crippen LogP contribution in [-0.2, 0) is 5.41 Å². The molecule has 1 atom stereocenters. The van der Waals surface area contributed by atoms with Crippen LogP contribution < -0.4 is 0 Å². The van der Waals surface area contributed by atoms with Crippen LogP contribution in [-0.4, -0.2) is 0 Å². The minimum atomic E-state index is -0.281. The van der Waals surface area contributed by atoms with Crippen LogP contribution in [0.2, 0.25) is 0 Å². The molecule has 2 aliphatic carbocycles. The Morgan fingerprint density at radius 2 is 0.921 bits per heavy atom. The predicted molar refractivity (Wildman–Crippen MR) is 159 cm³/mol. The number of rotatable bonds is 3. The van der Waals surface area contributed by atoms with Crippen molar-refractivity contribution in [2.75, 3.05) is 0 Å². The molecule has 38 heavy (non-hydrogen) atoms. The van der Waals surface area contributed by atoms with E-state index in [9.17, 15) is 0 Å². The molecule has 8 rings (SSSR count). The summed E-state index contributed by atoms with van der Waals surface area (Å²) in [5, 5.41) is 2.61. The molecule has 6 aromatic rings. The van der Waals surface area contributed by atoms with Crippen molar-refractivity contribution in [2.24, 2.45) is 0 Å². The zero-order valence-corrected chi connectivity index (χ0v) is 21.5. The van der Waals surface area contributed by atoms with Gasteiger partial charge < -0.3 is 0 Å². The molecule has 0 aliphatic heterocycles. The summed E-state index contributed by atoms with van der Waals surface area (Å²) in [5.41, 5.74) is 13.6. The summed E-state index contributed by atoms with van der Waals surface area (Å²) in [6, 6.07) is 50.2. The molecule has 1 spiro atoms. The van der Waals surface area contributed by atoms with Gasteiger partial charge in [-0.05, 0) is 72.8 Å². The molecule has 0 radical (unpaired) electrons. The van der Waals surface area contributed by atoms with Crippen LogP contribution >= 0.6 is 0 Å². The Labute approximate surface area is 224 Å². The van der Waals surface area contributed by atoms with Crippen LogP contribution in [0.1, 0.15) is 52.6 Å². The van der Waals surface area contributed by atoms with Gasteiger partial charge in [0.15, 0.2) is 0 Å². The summed E-state index contributed by atoms with van der Waals surface area (Å²) in [6.07, 6.45) is 1.06. The molecule has 0 heteroatoms. The molecule has 2 aliphatic rings. The maximum Gasteiger partial charge on any atom is 0.0725 e. The lowest BCUT2D eigenvalue weighted by Gasteiger charge is -2.31. The van der Waals surface area contributed by atoms with Crippen molar-refractivity contribution >= 4 is 10.8 Å². The Hall–Kier alpha value is -4.42. The van der Waals surface area contributed by atoms with Crippen molar-refractivity contribution in [1.29, 1.82) is 0 Å². The van der Waals surface area contributed by atoms with E-state index in [-0.39, 0.29) is 5.41 Å². The highest BCUT2D eigenvalue weighted by Crippen LogP contribution is 2.62. The molecule has 0 bridgehead atoms. The van der Waals surface area contributed by atoms with Crippen LogP contribution in [0, 0.1) is 0 Å². The Kier molecular flexibility index (Phi) is 4.58. The average Bonchev–Trinajstić information content (AvgIpc) is 3.45. The lowest BCUT2D eigenvalue weighted by molar-refractivity contribution is 0.761. The average molecular weight is 485 g/mol. The lowest BCUT2D eigenvalue weighted by atomic mass is 9.70. The van der Waals surface area contributed by atoms with E-state index in [4.69, 9.17) is 0 Å². The number of benzene rings is 6. The van der Waals surface area contributed by atoms with E-state index in [1.165, 1.54) is 66.4 Å². The van der Waals surface area contributed by atoms with Gasteiger partial charge in [-0.1, -0.05) is 140 Å². The van der Waals surface area contributed by atoms with Gasteiger partial charge >= 0.3 is 0 Å². The van der Waals surface area contributed by atoms with Crippen LogP contribution in [0.5, 0.6) is 0 Å². The van der Waals surface area contributed by atoms with Gasteiger partial charge in [-0.25, -0.2) is 0 Å². The third kappa shape index (κ3) is 2.75. The van der Waals surface area contributed by atoms with Gasteiger partial charge in [-0.3, -0.25) is 0 Å². The second kappa shape index (κ2) is 8.04. The predicted octanol–water partition coefficient (Wildman–Crippen LogP) is 9.73. The minimum Gasteiger partial charge on any atom is -0.0645 e. The van der Waals surface area contributed by atoms with E-state index in [0.717, 1.165) is 6.42 Å². The van der Waals surface area contributed by atoms with Crippen LogP contribution in [0.15, 0.2) is 133 Å². The summed E-state index contributed by atoms with van der Waals surface area (Å²) < 4.78 is 0. The van der Waals surface area contributed by atoms with Crippen LogP contribution in [0.25, 0.3) is 33.0 Å². The summed E-state index contributed by atoms with van der Waals surface area (Å²) in [5.74, 6) is 0.345. The Balaban J connectivity index is 1.40. The summed E-state index contributed by atoms with van der Waals surface area (Å²) in [4.78, 5) is 0. The maximum absolute atomic E-state index is 2.54. The summed E-state index contributed by atoms with van der Waals surface area (Å²) >= 11 is 0. The standard InChI is InChI=1S/C38H28/c1-2-29(27-20-19-25-11-3-4-12-26(25)23-27)28-21-22-33-32-15-7-10-18-36(32)38(37(33)24-28)34-16-8-5-13-30(34)31-14-6-9-17-35(31)38/h3-24,29H,2H2,1H3. The smallest absolute Gasteiger partial charge is 0.0645 e. The molecule has 6 aromatic carbocycles. The molecular formula is C38H28. The molecule has 0 heterocycles. The SMILES string of the molecule is CCC(c1ccc2c(c1)C1(c3ccccc3-c3ccccc31)c1ccccc1-2)c1ccc2ccccc2c1. The molecule has 0 saturated carbocycles. The third-order valence-electron chi connectivity index (χ3n) is 9.01. The monoisotopic (exact) mass is 484 g/mol. The maximum atomic E-state index is 2.54. The first-order valence-corrected chi connectivity index (χ1v) is 13.7. The molecule has 0 saturated heterocycles. The van der Waals surface area contributed by atoms with Crippen LogP contribution in [0.3, 0.4) is 0 Å². The summed E-state index contributed by atoms with van der Waals surface area (Å²) in [6.45, 7) is 2.32. The Bertz CT molecular complexity index is 1810. The molecular weight excluding hydrogens is 456 g/mol. The Morgan fingerprint density at radius 3 is 1.53 bits per heavy atom. The van der Waals surface area contributed by atoms with E-state index in [0.29, 0.717) is 5.92 Å². The fourth-order valence-electron chi connectivity index (χ4n) is 7.42. The van der Waals surface area contributed by atoms with Crippen molar-refractivity contribution < 1.29 is 0 Å².